The minimum atomic E-state index is -0.341. The molecule has 1 heterocycles. The lowest BCUT2D eigenvalue weighted by Crippen LogP contribution is -2.56. The molecule has 0 N–H and O–H groups in total. The average molecular weight is 329 g/mol. The first-order valence-corrected chi connectivity index (χ1v) is 9.49. The van der Waals surface area contributed by atoms with Crippen LogP contribution in [0.25, 0.3) is 0 Å². The van der Waals surface area contributed by atoms with E-state index in [1.807, 2.05) is 19.0 Å². The number of likely N-dealkylation sites (tertiary alicyclic amines) is 1. The molecule has 3 heteroatoms. The van der Waals surface area contributed by atoms with Crippen LogP contribution in [0.4, 0.5) is 0 Å². The molecule has 0 aromatic heterocycles. The number of nitrogens with zero attached hydrogens (tertiary/aromatic N) is 2. The van der Waals surface area contributed by atoms with E-state index in [1.54, 1.807) is 0 Å². The van der Waals surface area contributed by atoms with Gasteiger partial charge in [-0.1, -0.05) is 36.8 Å². The zero-order valence-corrected chi connectivity index (χ0v) is 15.7. The van der Waals surface area contributed by atoms with Crippen LogP contribution in [0.2, 0.25) is 0 Å². The quantitative estimate of drug-likeness (QED) is 0.825. The molecule has 1 amide bonds. The van der Waals surface area contributed by atoms with Gasteiger partial charge in [-0.2, -0.15) is 0 Å². The van der Waals surface area contributed by atoms with E-state index in [-0.39, 0.29) is 5.41 Å². The van der Waals surface area contributed by atoms with Gasteiger partial charge in [0.05, 0.1) is 5.41 Å². The number of hydrogen-bond donors (Lipinski definition) is 0. The summed E-state index contributed by atoms with van der Waals surface area (Å²) in [5.74, 6) is 1.23. The van der Waals surface area contributed by atoms with Gasteiger partial charge in [-0.15, -0.1) is 0 Å². The summed E-state index contributed by atoms with van der Waals surface area (Å²) in [6.45, 7) is 6.69. The van der Waals surface area contributed by atoms with Gasteiger partial charge in [0.2, 0.25) is 5.91 Å². The van der Waals surface area contributed by atoms with Crippen molar-refractivity contribution in [3.05, 3.63) is 35.9 Å². The molecule has 0 spiro atoms. The molecule has 3 nitrogen and oxygen atoms in total. The summed E-state index contributed by atoms with van der Waals surface area (Å²) in [4.78, 5) is 18.0. The highest BCUT2D eigenvalue weighted by Crippen LogP contribution is 2.52. The van der Waals surface area contributed by atoms with Crippen molar-refractivity contribution in [2.24, 2.45) is 11.8 Å². The monoisotopic (exact) mass is 328 g/mol. The molecular formula is C21H32N2O. The molecule has 2 aliphatic rings. The molecule has 0 bridgehead atoms. The molecule has 132 valence electrons. The summed E-state index contributed by atoms with van der Waals surface area (Å²) in [6.07, 6.45) is 4.77. The fourth-order valence-corrected chi connectivity index (χ4v) is 4.85. The molecule has 1 aliphatic heterocycles. The number of likely N-dealkylation sites (N-methyl/N-ethyl adjacent to an activating group) is 1. The summed E-state index contributed by atoms with van der Waals surface area (Å²) in [7, 11) is 3.85. The van der Waals surface area contributed by atoms with Crippen LogP contribution < -0.4 is 0 Å². The molecule has 3 rings (SSSR count). The third-order valence-corrected chi connectivity index (χ3v) is 6.35. The largest absolute Gasteiger partial charge is 0.348 e. The topological polar surface area (TPSA) is 23.6 Å². The second-order valence-electron chi connectivity index (χ2n) is 8.14. The molecule has 1 saturated heterocycles. The maximum Gasteiger partial charge on any atom is 0.233 e. The normalized spacial score (nSPS) is 24.6. The van der Waals surface area contributed by atoms with Crippen molar-refractivity contribution in [1.29, 1.82) is 0 Å². The van der Waals surface area contributed by atoms with Crippen molar-refractivity contribution in [2.45, 2.75) is 51.0 Å². The number of amides is 1. The Morgan fingerprint density at radius 1 is 1.12 bits per heavy atom. The second-order valence-corrected chi connectivity index (χ2v) is 8.14. The summed E-state index contributed by atoms with van der Waals surface area (Å²) in [6, 6.07) is 11.2. The molecule has 1 aromatic rings. The molecule has 2 atom stereocenters. The van der Waals surface area contributed by atoms with Crippen molar-refractivity contribution >= 4 is 5.91 Å². The van der Waals surface area contributed by atoms with Crippen molar-refractivity contribution < 1.29 is 4.79 Å². The lowest BCUT2D eigenvalue weighted by molar-refractivity contribution is -0.142. The van der Waals surface area contributed by atoms with Crippen LogP contribution in [0.3, 0.4) is 0 Å². The predicted octanol–water partition coefficient (Wildman–Crippen LogP) is 3.54. The van der Waals surface area contributed by atoms with Crippen LogP contribution >= 0.6 is 0 Å². The first kappa shape index (κ1) is 17.5. The third kappa shape index (κ3) is 2.77. The summed E-state index contributed by atoms with van der Waals surface area (Å²) < 4.78 is 0. The number of carbonyl (C=O) groups excluding carboxylic acids is 1. The summed E-state index contributed by atoms with van der Waals surface area (Å²) in [5.41, 5.74) is 0.899. The molecule has 1 unspecified atom stereocenters. The van der Waals surface area contributed by atoms with Crippen LogP contribution in [0, 0.1) is 11.8 Å². The molecule has 2 fully saturated rings. The summed E-state index contributed by atoms with van der Waals surface area (Å²) in [5, 5.41) is 0. The van der Waals surface area contributed by atoms with Gasteiger partial charge in [0.1, 0.15) is 0 Å². The van der Waals surface area contributed by atoms with Crippen LogP contribution in [0.15, 0.2) is 30.3 Å². The second kappa shape index (κ2) is 6.87. The van der Waals surface area contributed by atoms with Crippen molar-refractivity contribution in [3.63, 3.8) is 0 Å². The van der Waals surface area contributed by atoms with Gasteiger partial charge in [0.15, 0.2) is 0 Å². The average Bonchev–Trinajstić information content (AvgIpc) is 3.01. The zero-order valence-electron chi connectivity index (χ0n) is 15.7. The van der Waals surface area contributed by atoms with E-state index in [1.165, 1.54) is 24.8 Å². The SMILES string of the molecule is CC(C)N1CC[C@@H](C(C(=O)N(C)C)(c2ccccc2)C2CCC2)C1. The Morgan fingerprint density at radius 2 is 1.79 bits per heavy atom. The molecule has 1 aliphatic carbocycles. The smallest absolute Gasteiger partial charge is 0.233 e. The van der Waals surface area contributed by atoms with Gasteiger partial charge in [0.25, 0.3) is 0 Å². The van der Waals surface area contributed by atoms with Gasteiger partial charge >= 0.3 is 0 Å². The van der Waals surface area contributed by atoms with E-state index in [2.05, 4.69) is 49.1 Å². The Labute approximate surface area is 147 Å². The van der Waals surface area contributed by atoms with Crippen LogP contribution in [0.1, 0.15) is 45.1 Å². The van der Waals surface area contributed by atoms with E-state index < -0.39 is 0 Å². The highest BCUT2D eigenvalue weighted by Gasteiger charge is 2.56. The first-order chi connectivity index (χ1) is 11.5. The first-order valence-electron chi connectivity index (χ1n) is 9.49. The fraction of sp³-hybridized carbons (Fsp3) is 0.667. The van der Waals surface area contributed by atoms with Crippen LogP contribution in [0.5, 0.6) is 0 Å². The fourth-order valence-electron chi connectivity index (χ4n) is 4.85. The molecule has 24 heavy (non-hydrogen) atoms. The van der Waals surface area contributed by atoms with E-state index in [0.717, 1.165) is 19.5 Å². The standard InChI is InChI=1S/C21H32N2O/c1-16(2)23-14-13-19(15-23)21(18-11-8-12-18,20(24)22(3)4)17-9-6-5-7-10-17/h5-7,9-10,16,18-19H,8,11-15H2,1-4H3/t19-,21?/m1/s1. The summed E-state index contributed by atoms with van der Waals surface area (Å²) >= 11 is 0. The molecule has 0 radical (unpaired) electrons. The highest BCUT2D eigenvalue weighted by atomic mass is 16.2. The van der Waals surface area contributed by atoms with Crippen LogP contribution in [-0.4, -0.2) is 48.9 Å². The maximum absolute atomic E-state index is 13.6. The Hall–Kier alpha value is -1.35. The minimum absolute atomic E-state index is 0.314. The van der Waals surface area contributed by atoms with E-state index in [9.17, 15) is 4.79 Å². The van der Waals surface area contributed by atoms with E-state index in [0.29, 0.717) is 23.8 Å². The van der Waals surface area contributed by atoms with Crippen LogP contribution in [-0.2, 0) is 10.2 Å². The Kier molecular flexibility index (Phi) is 5.00. The molecule has 1 saturated carbocycles. The lowest BCUT2D eigenvalue weighted by Gasteiger charge is -2.49. The number of rotatable bonds is 5. The Balaban J connectivity index is 2.07. The van der Waals surface area contributed by atoms with E-state index in [4.69, 9.17) is 0 Å². The van der Waals surface area contributed by atoms with Gasteiger partial charge < -0.3 is 9.80 Å². The van der Waals surface area contributed by atoms with Crippen molar-refractivity contribution in [2.75, 3.05) is 27.2 Å². The number of carbonyl (C=O) groups is 1. The van der Waals surface area contributed by atoms with Gasteiger partial charge in [-0.3, -0.25) is 4.79 Å². The Morgan fingerprint density at radius 3 is 2.25 bits per heavy atom. The molecular weight excluding hydrogens is 296 g/mol. The van der Waals surface area contributed by atoms with Gasteiger partial charge in [-0.25, -0.2) is 0 Å². The third-order valence-electron chi connectivity index (χ3n) is 6.35. The number of benzene rings is 1. The van der Waals surface area contributed by atoms with Gasteiger partial charge in [-0.05, 0) is 57.1 Å². The predicted molar refractivity (Wildman–Crippen MR) is 99.0 cm³/mol. The maximum atomic E-state index is 13.6. The highest BCUT2D eigenvalue weighted by molar-refractivity contribution is 5.89. The zero-order chi connectivity index (χ0) is 17.3. The van der Waals surface area contributed by atoms with Crippen molar-refractivity contribution in [3.8, 4) is 0 Å². The lowest BCUT2D eigenvalue weighted by atomic mass is 9.55. The Bertz CT molecular complexity index is 564. The van der Waals surface area contributed by atoms with Gasteiger partial charge in [0, 0.05) is 26.7 Å². The number of hydrogen-bond acceptors (Lipinski definition) is 2. The molecule has 1 aromatic carbocycles. The van der Waals surface area contributed by atoms with Crippen molar-refractivity contribution in [1.82, 2.24) is 9.80 Å². The van der Waals surface area contributed by atoms with E-state index >= 15 is 0 Å². The minimum Gasteiger partial charge on any atom is -0.348 e.